The number of hydrogen-bond acceptors (Lipinski definition) is 4. The van der Waals surface area contributed by atoms with Gasteiger partial charge in [0.1, 0.15) is 5.75 Å². The van der Waals surface area contributed by atoms with Gasteiger partial charge in [0.25, 0.3) is 5.69 Å². The standard InChI is InChI=1S/C7H5NO5.C6H12/c9-7(10)13-6-3-1-5(2-4-6)8(11)12;1-2-4-6-5-3-1/h1-4H,(H,9,10);1-6H2. The molecule has 1 saturated carbocycles. The molecule has 1 aromatic rings. The average Bonchev–Trinajstić information content (AvgIpc) is 2.41. The van der Waals surface area contributed by atoms with Crippen LogP contribution >= 0.6 is 0 Å². The predicted octanol–water partition coefficient (Wildman–Crippen LogP) is 3.99. The molecule has 1 aromatic carbocycles. The Morgan fingerprint density at radius 2 is 1.47 bits per heavy atom. The van der Waals surface area contributed by atoms with Crippen molar-refractivity contribution in [2.45, 2.75) is 38.5 Å². The minimum atomic E-state index is -1.45. The molecule has 0 aromatic heterocycles. The predicted molar refractivity (Wildman–Crippen MR) is 69.5 cm³/mol. The van der Waals surface area contributed by atoms with E-state index in [-0.39, 0.29) is 11.4 Å². The van der Waals surface area contributed by atoms with E-state index in [9.17, 15) is 14.9 Å². The summed E-state index contributed by atoms with van der Waals surface area (Å²) in [5.41, 5.74) is -0.113. The Morgan fingerprint density at radius 3 is 1.79 bits per heavy atom. The van der Waals surface area contributed by atoms with Crippen LogP contribution in [-0.4, -0.2) is 16.2 Å². The fourth-order valence-electron chi connectivity index (χ4n) is 1.80. The van der Waals surface area contributed by atoms with Crippen molar-refractivity contribution in [3.05, 3.63) is 34.4 Å². The molecule has 6 heteroatoms. The first-order valence-electron chi connectivity index (χ1n) is 6.25. The fourth-order valence-corrected chi connectivity index (χ4v) is 1.80. The van der Waals surface area contributed by atoms with Gasteiger partial charge < -0.3 is 9.84 Å². The van der Waals surface area contributed by atoms with Gasteiger partial charge in [-0.2, -0.15) is 0 Å². The monoisotopic (exact) mass is 267 g/mol. The molecule has 1 N–H and O–H groups in total. The molecule has 0 atom stereocenters. The second kappa shape index (κ2) is 8.07. The number of nitrogens with zero attached hydrogens (tertiary/aromatic N) is 1. The van der Waals surface area contributed by atoms with Crippen molar-refractivity contribution in [3.63, 3.8) is 0 Å². The summed E-state index contributed by atoms with van der Waals surface area (Å²) in [4.78, 5) is 19.6. The van der Waals surface area contributed by atoms with Crippen molar-refractivity contribution < 1.29 is 19.6 Å². The van der Waals surface area contributed by atoms with Gasteiger partial charge in [-0.25, -0.2) is 4.79 Å². The van der Waals surface area contributed by atoms with Crippen LogP contribution in [0.2, 0.25) is 0 Å². The third kappa shape index (κ3) is 6.40. The summed E-state index contributed by atoms with van der Waals surface area (Å²) in [5, 5.41) is 18.4. The summed E-state index contributed by atoms with van der Waals surface area (Å²) >= 11 is 0. The zero-order valence-electron chi connectivity index (χ0n) is 10.6. The molecule has 1 fully saturated rings. The van der Waals surface area contributed by atoms with Crippen LogP contribution in [0.3, 0.4) is 0 Å². The quantitative estimate of drug-likeness (QED) is 0.378. The third-order valence-electron chi connectivity index (χ3n) is 2.75. The number of ether oxygens (including phenoxy) is 1. The lowest BCUT2D eigenvalue weighted by Gasteiger charge is -2.05. The first kappa shape index (κ1) is 14.9. The smallest absolute Gasteiger partial charge is 0.449 e. The molecular formula is C13H17NO5. The Kier molecular flexibility index (Phi) is 6.35. The molecule has 1 aliphatic rings. The molecule has 0 unspecified atom stereocenters. The second-order valence-electron chi connectivity index (χ2n) is 4.24. The van der Waals surface area contributed by atoms with Crippen molar-refractivity contribution in [3.8, 4) is 5.75 Å². The minimum absolute atomic E-state index is 0.0538. The Morgan fingerprint density at radius 1 is 1.05 bits per heavy atom. The Labute approximate surface area is 111 Å². The van der Waals surface area contributed by atoms with Crippen LogP contribution in [0.5, 0.6) is 5.75 Å². The molecule has 0 heterocycles. The molecule has 1 aliphatic carbocycles. The van der Waals surface area contributed by atoms with Gasteiger partial charge >= 0.3 is 6.16 Å². The van der Waals surface area contributed by atoms with E-state index >= 15 is 0 Å². The highest BCUT2D eigenvalue weighted by Crippen LogP contribution is 2.17. The lowest BCUT2D eigenvalue weighted by Crippen LogP contribution is -2.02. The van der Waals surface area contributed by atoms with Gasteiger partial charge in [0.2, 0.25) is 0 Å². The zero-order valence-corrected chi connectivity index (χ0v) is 10.6. The van der Waals surface area contributed by atoms with Crippen LogP contribution < -0.4 is 4.74 Å². The molecule has 2 rings (SSSR count). The molecular weight excluding hydrogens is 250 g/mol. The molecule has 0 bridgehead atoms. The molecule has 6 nitrogen and oxygen atoms in total. The lowest BCUT2D eigenvalue weighted by atomic mass is 10.0. The highest BCUT2D eigenvalue weighted by molar-refractivity contribution is 5.61. The van der Waals surface area contributed by atoms with Crippen LogP contribution in [-0.2, 0) is 0 Å². The first-order valence-corrected chi connectivity index (χ1v) is 6.25. The topological polar surface area (TPSA) is 89.7 Å². The van der Waals surface area contributed by atoms with Crippen molar-refractivity contribution in [1.29, 1.82) is 0 Å². The number of carboxylic acid groups (broad SMARTS) is 1. The van der Waals surface area contributed by atoms with Crippen LogP contribution in [0.25, 0.3) is 0 Å². The number of hydrogen-bond donors (Lipinski definition) is 1. The number of benzene rings is 1. The second-order valence-corrected chi connectivity index (χ2v) is 4.24. The van der Waals surface area contributed by atoms with E-state index < -0.39 is 11.1 Å². The van der Waals surface area contributed by atoms with Gasteiger partial charge in [-0.1, -0.05) is 38.5 Å². The van der Waals surface area contributed by atoms with Crippen LogP contribution in [0, 0.1) is 10.1 Å². The summed E-state index contributed by atoms with van der Waals surface area (Å²) in [6.45, 7) is 0. The molecule has 0 amide bonds. The maximum atomic E-state index is 10.2. The van der Waals surface area contributed by atoms with Crippen molar-refractivity contribution in [2.75, 3.05) is 0 Å². The van der Waals surface area contributed by atoms with Crippen LogP contribution in [0.4, 0.5) is 10.5 Å². The minimum Gasteiger partial charge on any atom is -0.449 e. The van der Waals surface area contributed by atoms with E-state index in [2.05, 4.69) is 4.74 Å². The zero-order chi connectivity index (χ0) is 14.1. The molecule has 0 radical (unpaired) electrons. The van der Waals surface area contributed by atoms with Gasteiger partial charge in [-0.15, -0.1) is 0 Å². The summed E-state index contributed by atoms with van der Waals surface area (Å²) < 4.78 is 4.24. The van der Waals surface area contributed by atoms with Gasteiger partial charge in [0.15, 0.2) is 0 Å². The van der Waals surface area contributed by atoms with Gasteiger partial charge in [-0.05, 0) is 12.1 Å². The van der Waals surface area contributed by atoms with E-state index in [1.807, 2.05) is 0 Å². The number of nitro benzene ring substituents is 1. The maximum absolute atomic E-state index is 10.2. The fraction of sp³-hybridized carbons (Fsp3) is 0.462. The molecule has 0 saturated heterocycles. The first-order chi connectivity index (χ1) is 9.09. The normalized spacial score (nSPS) is 13.9. The van der Waals surface area contributed by atoms with Crippen LogP contribution in [0.15, 0.2) is 24.3 Å². The summed E-state index contributed by atoms with van der Waals surface area (Å²) in [6.07, 6.45) is 7.55. The summed E-state index contributed by atoms with van der Waals surface area (Å²) in [6, 6.07) is 4.76. The van der Waals surface area contributed by atoms with Crippen LogP contribution in [0.1, 0.15) is 38.5 Å². The Balaban J connectivity index is 0.000000250. The van der Waals surface area contributed by atoms with E-state index in [1.165, 1.54) is 50.7 Å². The molecule has 0 aliphatic heterocycles. The number of nitro groups is 1. The van der Waals surface area contributed by atoms with Crippen molar-refractivity contribution in [2.24, 2.45) is 0 Å². The largest absolute Gasteiger partial charge is 0.511 e. The van der Waals surface area contributed by atoms with E-state index in [1.54, 1.807) is 0 Å². The number of non-ortho nitro benzene ring substituents is 1. The van der Waals surface area contributed by atoms with Crippen molar-refractivity contribution in [1.82, 2.24) is 0 Å². The number of carbonyl (C=O) groups is 1. The number of rotatable bonds is 2. The van der Waals surface area contributed by atoms with E-state index in [4.69, 9.17) is 5.11 Å². The van der Waals surface area contributed by atoms with E-state index in [0.29, 0.717) is 0 Å². The Hall–Kier alpha value is -2.11. The van der Waals surface area contributed by atoms with E-state index in [0.717, 1.165) is 12.1 Å². The molecule has 0 spiro atoms. The molecule has 19 heavy (non-hydrogen) atoms. The third-order valence-corrected chi connectivity index (χ3v) is 2.75. The Bertz CT molecular complexity index is 400. The lowest BCUT2D eigenvalue weighted by molar-refractivity contribution is -0.384. The highest BCUT2D eigenvalue weighted by Gasteiger charge is 2.05. The maximum Gasteiger partial charge on any atom is 0.511 e. The SMILES string of the molecule is C1CCCCC1.O=C(O)Oc1ccc([N+](=O)[O-])cc1. The van der Waals surface area contributed by atoms with Gasteiger partial charge in [0, 0.05) is 12.1 Å². The van der Waals surface area contributed by atoms with Crippen molar-refractivity contribution >= 4 is 11.8 Å². The summed E-state index contributed by atoms with van der Waals surface area (Å²) in [7, 11) is 0. The van der Waals surface area contributed by atoms with Gasteiger partial charge in [0.05, 0.1) is 4.92 Å². The molecule has 104 valence electrons. The summed E-state index contributed by atoms with van der Waals surface area (Å²) in [5.74, 6) is 0.0538. The average molecular weight is 267 g/mol. The highest BCUT2D eigenvalue weighted by atomic mass is 16.7. The van der Waals surface area contributed by atoms with Gasteiger partial charge in [-0.3, -0.25) is 10.1 Å².